The van der Waals surface area contributed by atoms with Crippen molar-refractivity contribution in [1.82, 2.24) is 15.3 Å². The molecule has 0 bridgehead atoms. The zero-order valence-corrected chi connectivity index (χ0v) is 15.0. The van der Waals surface area contributed by atoms with E-state index < -0.39 is 0 Å². The number of anilines is 1. The van der Waals surface area contributed by atoms with E-state index in [0.29, 0.717) is 23.5 Å². The molecule has 2 aromatic carbocycles. The minimum absolute atomic E-state index is 0.123. The summed E-state index contributed by atoms with van der Waals surface area (Å²) < 4.78 is 0. The minimum atomic E-state index is -0.175. The number of imidazole rings is 1. The molecule has 0 radical (unpaired) electrons. The first-order chi connectivity index (χ1) is 13.1. The lowest BCUT2D eigenvalue weighted by molar-refractivity contribution is -0.114. The number of rotatable bonds is 6. The first-order valence-corrected chi connectivity index (χ1v) is 8.51. The molecule has 0 saturated heterocycles. The average molecular weight is 360 g/mol. The van der Waals surface area contributed by atoms with E-state index in [2.05, 4.69) is 27.2 Å². The maximum absolute atomic E-state index is 12.1. The van der Waals surface area contributed by atoms with Crippen LogP contribution in [0.25, 0.3) is 22.4 Å². The van der Waals surface area contributed by atoms with Crippen molar-refractivity contribution in [2.45, 2.75) is 13.3 Å². The molecule has 3 aromatic rings. The molecule has 0 saturated carbocycles. The Hall–Kier alpha value is -3.67. The number of nitrogens with zero attached hydrogens (tertiary/aromatic N) is 1. The van der Waals surface area contributed by atoms with Crippen LogP contribution in [0, 0.1) is 0 Å². The number of carbonyl (C=O) groups excluding carboxylic acids is 2. The number of nitrogens with one attached hydrogen (secondary N) is 3. The molecular weight excluding hydrogens is 340 g/mol. The molecule has 3 N–H and O–H groups in total. The van der Waals surface area contributed by atoms with Gasteiger partial charge >= 0.3 is 0 Å². The van der Waals surface area contributed by atoms with Gasteiger partial charge in [0.1, 0.15) is 5.82 Å². The first-order valence-electron chi connectivity index (χ1n) is 8.51. The summed E-state index contributed by atoms with van der Waals surface area (Å²) >= 11 is 0. The quantitative estimate of drug-likeness (QED) is 0.581. The zero-order chi connectivity index (χ0) is 19.2. The topological polar surface area (TPSA) is 86.9 Å². The molecule has 0 spiro atoms. The smallest absolute Gasteiger partial charge is 0.255 e. The van der Waals surface area contributed by atoms with Gasteiger partial charge < -0.3 is 15.6 Å². The van der Waals surface area contributed by atoms with Crippen LogP contribution in [0.1, 0.15) is 23.7 Å². The van der Waals surface area contributed by atoms with Crippen LogP contribution in [0.3, 0.4) is 0 Å². The summed E-state index contributed by atoms with van der Waals surface area (Å²) in [5.74, 6) is 0.400. The van der Waals surface area contributed by atoms with Crippen LogP contribution < -0.4 is 10.6 Å². The van der Waals surface area contributed by atoms with Crippen LogP contribution in [-0.4, -0.2) is 21.8 Å². The van der Waals surface area contributed by atoms with Crippen LogP contribution in [-0.2, 0) is 4.79 Å². The van der Waals surface area contributed by atoms with Crippen molar-refractivity contribution < 1.29 is 9.59 Å². The summed E-state index contributed by atoms with van der Waals surface area (Å²) in [6, 6.07) is 12.7. The molecule has 2 amide bonds. The van der Waals surface area contributed by atoms with Gasteiger partial charge in [-0.15, -0.1) is 6.58 Å². The molecule has 136 valence electrons. The molecule has 0 atom stereocenters. The van der Waals surface area contributed by atoms with Gasteiger partial charge in [-0.05, 0) is 36.8 Å². The second kappa shape index (κ2) is 8.14. The number of fused-ring (bicyclic) bond motifs is 1. The van der Waals surface area contributed by atoms with Gasteiger partial charge in [0, 0.05) is 29.9 Å². The maximum atomic E-state index is 12.1. The van der Waals surface area contributed by atoms with E-state index in [1.54, 1.807) is 24.4 Å². The predicted octanol–water partition coefficient (Wildman–Crippen LogP) is 4.01. The molecule has 3 rings (SSSR count). The van der Waals surface area contributed by atoms with Crippen molar-refractivity contribution in [3.05, 3.63) is 73.0 Å². The Bertz CT molecular complexity index is 1020. The van der Waals surface area contributed by atoms with Gasteiger partial charge in [-0.2, -0.15) is 0 Å². The van der Waals surface area contributed by atoms with Crippen molar-refractivity contribution >= 4 is 28.5 Å². The van der Waals surface area contributed by atoms with E-state index in [1.165, 1.54) is 6.92 Å². The van der Waals surface area contributed by atoms with Crippen molar-refractivity contribution in [1.29, 1.82) is 0 Å². The van der Waals surface area contributed by atoms with Crippen LogP contribution in [0.15, 0.2) is 67.4 Å². The molecule has 6 heteroatoms. The number of benzene rings is 2. The Morgan fingerprint density at radius 3 is 2.67 bits per heavy atom. The van der Waals surface area contributed by atoms with E-state index in [4.69, 9.17) is 0 Å². The van der Waals surface area contributed by atoms with Crippen molar-refractivity contribution in [2.75, 3.05) is 5.32 Å². The summed E-state index contributed by atoms with van der Waals surface area (Å²) in [7, 11) is 0. The normalized spacial score (nSPS) is 10.9. The zero-order valence-electron chi connectivity index (χ0n) is 15.0. The Kier molecular flexibility index (Phi) is 5.47. The molecule has 0 aliphatic carbocycles. The molecule has 1 aromatic heterocycles. The van der Waals surface area contributed by atoms with E-state index in [-0.39, 0.29) is 11.8 Å². The van der Waals surface area contributed by atoms with Gasteiger partial charge in [0.2, 0.25) is 5.91 Å². The fourth-order valence-electron chi connectivity index (χ4n) is 2.59. The molecular formula is C21H20N4O2. The van der Waals surface area contributed by atoms with Crippen LogP contribution >= 0.6 is 0 Å². The van der Waals surface area contributed by atoms with Gasteiger partial charge in [0.05, 0.1) is 11.0 Å². The van der Waals surface area contributed by atoms with E-state index >= 15 is 0 Å². The number of amides is 2. The lowest BCUT2D eigenvalue weighted by Gasteiger charge is -2.02. The predicted molar refractivity (Wildman–Crippen MR) is 107 cm³/mol. The van der Waals surface area contributed by atoms with Gasteiger partial charge in [-0.1, -0.05) is 24.3 Å². The highest BCUT2D eigenvalue weighted by Gasteiger charge is 2.08. The third-order valence-electron chi connectivity index (χ3n) is 3.86. The third kappa shape index (κ3) is 4.49. The van der Waals surface area contributed by atoms with Crippen LogP contribution in [0.5, 0.6) is 0 Å². The minimum Gasteiger partial charge on any atom is -0.338 e. The highest BCUT2D eigenvalue weighted by molar-refractivity contribution is 5.95. The monoisotopic (exact) mass is 360 g/mol. The Morgan fingerprint density at radius 1 is 1.19 bits per heavy atom. The molecule has 0 unspecified atom stereocenters. The van der Waals surface area contributed by atoms with Gasteiger partial charge in [-0.3, -0.25) is 9.59 Å². The number of hydrogen-bond donors (Lipinski definition) is 3. The Balaban J connectivity index is 1.77. The Morgan fingerprint density at radius 2 is 1.96 bits per heavy atom. The average Bonchev–Trinajstić information content (AvgIpc) is 3.08. The van der Waals surface area contributed by atoms with Crippen LogP contribution in [0.2, 0.25) is 0 Å². The van der Waals surface area contributed by atoms with E-state index in [0.717, 1.165) is 16.6 Å². The summed E-state index contributed by atoms with van der Waals surface area (Å²) in [6.45, 7) is 5.08. The summed E-state index contributed by atoms with van der Waals surface area (Å²) in [4.78, 5) is 31.1. The lowest BCUT2D eigenvalue weighted by Crippen LogP contribution is -2.16. The first kappa shape index (κ1) is 18.1. The van der Waals surface area contributed by atoms with E-state index in [9.17, 15) is 9.59 Å². The Labute approximate surface area is 157 Å². The number of aromatic nitrogens is 2. The molecule has 0 aliphatic heterocycles. The second-order valence-electron chi connectivity index (χ2n) is 5.98. The molecule has 0 aliphatic rings. The number of hydrogen-bond acceptors (Lipinski definition) is 3. The maximum Gasteiger partial charge on any atom is 0.255 e. The highest BCUT2D eigenvalue weighted by atomic mass is 16.2. The number of aromatic amines is 1. The largest absolute Gasteiger partial charge is 0.338 e. The lowest BCUT2D eigenvalue weighted by atomic mass is 10.1. The number of carbonyl (C=O) groups is 2. The fourth-order valence-corrected chi connectivity index (χ4v) is 2.59. The van der Waals surface area contributed by atoms with E-state index in [1.807, 2.05) is 36.4 Å². The van der Waals surface area contributed by atoms with Gasteiger partial charge in [0.25, 0.3) is 5.91 Å². The SMILES string of the molecule is C=CC/C=C/NC(=O)c1ccc(-c2nc3ccc(NC(C)=O)cc3[nH]2)cc1. The van der Waals surface area contributed by atoms with Crippen molar-refractivity contribution in [3.63, 3.8) is 0 Å². The summed E-state index contributed by atoms with van der Waals surface area (Å²) in [5.41, 5.74) is 3.76. The fraction of sp³-hybridized carbons (Fsp3) is 0.0952. The third-order valence-corrected chi connectivity index (χ3v) is 3.86. The number of H-pyrrole nitrogens is 1. The summed E-state index contributed by atoms with van der Waals surface area (Å²) in [6.07, 6.45) is 5.89. The van der Waals surface area contributed by atoms with Crippen LogP contribution in [0.4, 0.5) is 5.69 Å². The second-order valence-corrected chi connectivity index (χ2v) is 5.98. The van der Waals surface area contributed by atoms with Gasteiger partial charge in [-0.25, -0.2) is 4.98 Å². The molecule has 6 nitrogen and oxygen atoms in total. The standard InChI is InChI=1S/C21H20N4O2/c1-3-4-5-12-22-21(27)16-8-6-15(7-9-16)20-24-18-11-10-17(23-14(2)26)13-19(18)25-20/h3,5-13H,1,4H2,2H3,(H,22,27)(H,23,26)(H,24,25)/b12-5+. The number of allylic oxidation sites excluding steroid dienone is 2. The summed E-state index contributed by atoms with van der Waals surface area (Å²) in [5, 5.41) is 5.46. The van der Waals surface area contributed by atoms with Crippen molar-refractivity contribution in [2.24, 2.45) is 0 Å². The van der Waals surface area contributed by atoms with Crippen molar-refractivity contribution in [3.8, 4) is 11.4 Å². The molecule has 27 heavy (non-hydrogen) atoms. The molecule has 0 fully saturated rings. The highest BCUT2D eigenvalue weighted by Crippen LogP contribution is 2.23. The molecule has 1 heterocycles. The van der Waals surface area contributed by atoms with Gasteiger partial charge in [0.15, 0.2) is 0 Å².